The molecule has 9 rings (SSSR count). The van der Waals surface area contributed by atoms with Gasteiger partial charge in [0.2, 0.25) is 5.71 Å². The average Bonchev–Trinajstić information content (AvgIpc) is 3.60. The van der Waals surface area contributed by atoms with Crippen LogP contribution < -0.4 is 4.90 Å². The Kier molecular flexibility index (Phi) is 8.38. The van der Waals surface area contributed by atoms with E-state index in [1.54, 1.807) is 0 Å². The molecule has 6 aromatic carbocycles. The number of hydrogen-bond donors (Lipinski definition) is 0. The molecular formula is C50H38N2O. The summed E-state index contributed by atoms with van der Waals surface area (Å²) in [4.78, 5) is 7.23. The number of pyridine rings is 1. The van der Waals surface area contributed by atoms with Gasteiger partial charge in [-0.2, -0.15) is 0 Å². The highest BCUT2D eigenvalue weighted by Crippen LogP contribution is 2.40. The highest BCUT2D eigenvalue weighted by molar-refractivity contribution is 6.04. The second-order valence-electron chi connectivity index (χ2n) is 13.5. The van der Waals surface area contributed by atoms with Crippen molar-refractivity contribution in [1.82, 2.24) is 4.98 Å². The van der Waals surface area contributed by atoms with E-state index >= 15 is 0 Å². The smallest absolute Gasteiger partial charge is 0.227 e. The fourth-order valence-corrected chi connectivity index (χ4v) is 7.67. The van der Waals surface area contributed by atoms with E-state index in [1.165, 1.54) is 44.5 Å². The summed E-state index contributed by atoms with van der Waals surface area (Å²) in [5.74, 6) is 0. The minimum absolute atomic E-state index is 0.654. The van der Waals surface area contributed by atoms with Crippen LogP contribution in [0, 0.1) is 0 Å². The van der Waals surface area contributed by atoms with Gasteiger partial charge in [0.25, 0.3) is 0 Å². The molecule has 8 aromatic rings. The number of allylic oxidation sites excluding steroid dienone is 2. The number of anilines is 3. The summed E-state index contributed by atoms with van der Waals surface area (Å²) in [7, 11) is 0. The maximum atomic E-state index is 6.10. The van der Waals surface area contributed by atoms with Crippen LogP contribution in [0.4, 0.5) is 17.1 Å². The van der Waals surface area contributed by atoms with Crippen molar-refractivity contribution in [2.24, 2.45) is 0 Å². The van der Waals surface area contributed by atoms with E-state index in [0.717, 1.165) is 57.5 Å². The van der Waals surface area contributed by atoms with Crippen LogP contribution in [0.5, 0.6) is 0 Å². The lowest BCUT2D eigenvalue weighted by atomic mass is 9.84. The maximum absolute atomic E-state index is 6.10. The van der Waals surface area contributed by atoms with Gasteiger partial charge in [-0.15, -0.1) is 0 Å². The van der Waals surface area contributed by atoms with Gasteiger partial charge in [-0.3, -0.25) is 0 Å². The Labute approximate surface area is 310 Å². The summed E-state index contributed by atoms with van der Waals surface area (Å²) in [6, 6.07) is 51.5. The van der Waals surface area contributed by atoms with Crippen LogP contribution in [0.2, 0.25) is 0 Å². The highest BCUT2D eigenvalue weighted by atomic mass is 16.3. The maximum Gasteiger partial charge on any atom is 0.227 e. The Morgan fingerprint density at radius 2 is 1.30 bits per heavy atom. The van der Waals surface area contributed by atoms with Crippen LogP contribution >= 0.6 is 0 Å². The van der Waals surface area contributed by atoms with Gasteiger partial charge in [0.05, 0.1) is 5.69 Å². The monoisotopic (exact) mass is 682 g/mol. The molecule has 1 aliphatic carbocycles. The van der Waals surface area contributed by atoms with Crippen LogP contribution in [0.1, 0.15) is 35.6 Å². The predicted octanol–water partition coefficient (Wildman–Crippen LogP) is 14.1. The normalized spacial score (nSPS) is 12.4. The molecule has 0 saturated carbocycles. The molecule has 3 heteroatoms. The Morgan fingerprint density at radius 1 is 0.660 bits per heavy atom. The van der Waals surface area contributed by atoms with Gasteiger partial charge in [-0.25, -0.2) is 4.98 Å². The zero-order valence-electron chi connectivity index (χ0n) is 29.7. The topological polar surface area (TPSA) is 29.3 Å². The van der Waals surface area contributed by atoms with E-state index in [1.807, 2.05) is 24.3 Å². The Balaban J connectivity index is 1.10. The Hall–Kier alpha value is -6.71. The molecule has 0 bridgehead atoms. The summed E-state index contributed by atoms with van der Waals surface area (Å²) in [6.07, 6.45) is 13.0. The minimum Gasteiger partial charge on any atom is -0.438 e. The zero-order chi connectivity index (χ0) is 35.7. The molecule has 3 nitrogen and oxygen atoms in total. The first-order chi connectivity index (χ1) is 26.2. The fourth-order valence-electron chi connectivity index (χ4n) is 7.67. The molecule has 1 aliphatic rings. The van der Waals surface area contributed by atoms with Crippen molar-refractivity contribution in [1.29, 1.82) is 0 Å². The first-order valence-electron chi connectivity index (χ1n) is 18.2. The predicted molar refractivity (Wildman–Crippen MR) is 225 cm³/mol. The van der Waals surface area contributed by atoms with Gasteiger partial charge in [0.1, 0.15) is 5.58 Å². The molecule has 2 aromatic heterocycles. The summed E-state index contributed by atoms with van der Waals surface area (Å²) < 4.78 is 6.10. The third-order valence-corrected chi connectivity index (χ3v) is 10.3. The Bertz CT molecular complexity index is 2660. The number of rotatable bonds is 8. The quantitative estimate of drug-likeness (QED) is 0.160. The van der Waals surface area contributed by atoms with Crippen molar-refractivity contribution in [2.75, 3.05) is 4.90 Å². The van der Waals surface area contributed by atoms with Gasteiger partial charge in [0.15, 0.2) is 0 Å². The third-order valence-electron chi connectivity index (χ3n) is 10.3. The molecule has 0 N–H and O–H groups in total. The Morgan fingerprint density at radius 3 is 2.00 bits per heavy atom. The van der Waals surface area contributed by atoms with E-state index in [4.69, 9.17) is 9.40 Å². The molecule has 0 radical (unpaired) electrons. The van der Waals surface area contributed by atoms with E-state index < -0.39 is 0 Å². The summed E-state index contributed by atoms with van der Waals surface area (Å²) >= 11 is 0. The van der Waals surface area contributed by atoms with Crippen LogP contribution in [0.3, 0.4) is 0 Å². The lowest BCUT2D eigenvalue weighted by molar-refractivity contribution is 0.654. The van der Waals surface area contributed by atoms with Crippen molar-refractivity contribution >= 4 is 57.4 Å². The number of fused-ring (bicyclic) bond motifs is 4. The third kappa shape index (κ3) is 5.96. The summed E-state index contributed by atoms with van der Waals surface area (Å²) in [5.41, 5.74) is 16.6. The van der Waals surface area contributed by atoms with Gasteiger partial charge < -0.3 is 9.32 Å². The first-order valence-corrected chi connectivity index (χ1v) is 18.2. The van der Waals surface area contributed by atoms with Gasteiger partial charge in [-0.05, 0) is 125 Å². The van der Waals surface area contributed by atoms with Crippen LogP contribution in [0.15, 0.2) is 169 Å². The van der Waals surface area contributed by atoms with Crippen molar-refractivity contribution in [3.05, 3.63) is 187 Å². The van der Waals surface area contributed by atoms with E-state index in [2.05, 4.69) is 170 Å². The van der Waals surface area contributed by atoms with E-state index in [9.17, 15) is 0 Å². The lowest BCUT2D eigenvalue weighted by Crippen LogP contribution is -2.10. The number of benzene rings is 6. The number of nitrogens with zero attached hydrogens (tertiary/aromatic N) is 2. The van der Waals surface area contributed by atoms with Gasteiger partial charge in [0, 0.05) is 33.4 Å². The van der Waals surface area contributed by atoms with Gasteiger partial charge >= 0.3 is 0 Å². The van der Waals surface area contributed by atoms with Crippen LogP contribution in [-0.4, -0.2) is 4.98 Å². The second kappa shape index (κ2) is 13.8. The van der Waals surface area contributed by atoms with Crippen LogP contribution in [-0.2, 0) is 6.42 Å². The molecule has 0 atom stereocenters. The lowest BCUT2D eigenvalue weighted by Gasteiger charge is -2.26. The van der Waals surface area contributed by atoms with E-state index in [-0.39, 0.29) is 0 Å². The molecule has 0 spiro atoms. The first kappa shape index (κ1) is 32.2. The average molecular weight is 683 g/mol. The van der Waals surface area contributed by atoms with Crippen molar-refractivity contribution in [3.63, 3.8) is 0 Å². The molecule has 254 valence electrons. The molecule has 53 heavy (non-hydrogen) atoms. The number of aromatic nitrogens is 1. The zero-order valence-corrected chi connectivity index (χ0v) is 29.7. The molecule has 0 unspecified atom stereocenters. The number of furan rings is 1. The second-order valence-corrected chi connectivity index (χ2v) is 13.5. The highest BCUT2D eigenvalue weighted by Gasteiger charge is 2.19. The molecule has 0 amide bonds. The number of para-hydroxylation sites is 1. The summed E-state index contributed by atoms with van der Waals surface area (Å²) in [5, 5.41) is 2.11. The SMILES string of the molecule is C=Cc1cc(-c2ccc(N(c3ccc(-c4ccccc4)cc3)c3ccc(-c4ccc5c(n4)oc4ccccc45)cc3)cc2)c2c(c1/C=C\C)CCC=C2. The van der Waals surface area contributed by atoms with Gasteiger partial charge in [-0.1, -0.05) is 122 Å². The van der Waals surface area contributed by atoms with Crippen molar-refractivity contribution in [2.45, 2.75) is 19.8 Å². The van der Waals surface area contributed by atoms with Crippen LogP contribution in [0.25, 0.3) is 73.8 Å². The molecule has 0 saturated heterocycles. The molecule has 2 heterocycles. The largest absolute Gasteiger partial charge is 0.438 e. The van der Waals surface area contributed by atoms with Crippen molar-refractivity contribution < 1.29 is 4.42 Å². The minimum atomic E-state index is 0.654. The molecule has 0 aliphatic heterocycles. The molecule has 0 fully saturated rings. The fraction of sp³-hybridized carbons (Fsp3) is 0.0600. The standard InChI is InChI=1S/C50H38N2O/c1-3-12-42-34(4-2)33-47(44-16-9-8-15-43(42)44)37-21-27-40(28-22-37)52(39-25-19-36(20-26-39)35-13-6-5-7-14-35)41-29-23-38(24-30-41)48-32-31-46-45-17-10-11-18-49(45)53-50(46)51-48/h3-7,9-14,16-33H,2,8,15H2,1H3/b12-3-. The summed E-state index contributed by atoms with van der Waals surface area (Å²) in [6.45, 7) is 6.25. The number of hydrogen-bond acceptors (Lipinski definition) is 3. The molecular weight excluding hydrogens is 645 g/mol. The van der Waals surface area contributed by atoms with E-state index in [0.29, 0.717) is 5.71 Å². The van der Waals surface area contributed by atoms with Crippen molar-refractivity contribution in [3.8, 4) is 33.5 Å².